The second-order valence-corrected chi connectivity index (χ2v) is 5.22. The van der Waals surface area contributed by atoms with Gasteiger partial charge in [0.15, 0.2) is 0 Å². The van der Waals surface area contributed by atoms with E-state index in [2.05, 4.69) is 22.8 Å². The van der Waals surface area contributed by atoms with Gasteiger partial charge in [-0.15, -0.1) is 0 Å². The fraction of sp³-hybridized carbons (Fsp3) is 0.278. The van der Waals surface area contributed by atoms with E-state index in [1.54, 1.807) is 7.11 Å². The standard InChI is InChI=1S/C18H22N2O2/c1-14(12-13-15-8-4-3-5-9-15)19-18(21)20-16-10-6-7-11-17(16)22-2/h3-11,14H,12-13H2,1-2H3,(H2,19,20,21). The van der Waals surface area contributed by atoms with Crippen LogP contribution in [-0.4, -0.2) is 19.2 Å². The highest BCUT2D eigenvalue weighted by Crippen LogP contribution is 2.22. The molecule has 0 spiro atoms. The highest BCUT2D eigenvalue weighted by Gasteiger charge is 2.09. The minimum atomic E-state index is -0.218. The van der Waals surface area contributed by atoms with E-state index in [0.29, 0.717) is 11.4 Å². The molecule has 4 heteroatoms. The molecule has 0 radical (unpaired) electrons. The summed E-state index contributed by atoms with van der Waals surface area (Å²) in [7, 11) is 1.58. The first-order valence-electron chi connectivity index (χ1n) is 7.43. The number of hydrogen-bond acceptors (Lipinski definition) is 2. The van der Waals surface area contributed by atoms with Gasteiger partial charge in [-0.3, -0.25) is 0 Å². The highest BCUT2D eigenvalue weighted by atomic mass is 16.5. The third-order valence-electron chi connectivity index (χ3n) is 3.44. The maximum absolute atomic E-state index is 12.0. The number of hydrogen-bond donors (Lipinski definition) is 2. The molecule has 0 aliphatic rings. The number of methoxy groups -OCH3 is 1. The van der Waals surface area contributed by atoms with Crippen molar-refractivity contribution in [2.75, 3.05) is 12.4 Å². The third-order valence-corrected chi connectivity index (χ3v) is 3.44. The first kappa shape index (κ1) is 15.9. The number of rotatable bonds is 6. The molecule has 0 aromatic heterocycles. The van der Waals surface area contributed by atoms with Gasteiger partial charge in [0.25, 0.3) is 0 Å². The molecule has 22 heavy (non-hydrogen) atoms. The first-order chi connectivity index (χ1) is 10.7. The van der Waals surface area contributed by atoms with Crippen LogP contribution in [0.2, 0.25) is 0 Å². The molecule has 2 amide bonds. The van der Waals surface area contributed by atoms with Crippen LogP contribution in [0, 0.1) is 0 Å². The number of benzene rings is 2. The van der Waals surface area contributed by atoms with E-state index in [1.807, 2.05) is 49.4 Å². The maximum Gasteiger partial charge on any atom is 0.319 e. The lowest BCUT2D eigenvalue weighted by molar-refractivity contribution is 0.248. The predicted octanol–water partition coefficient (Wildman–Crippen LogP) is 3.84. The average molecular weight is 298 g/mol. The Kier molecular flexibility index (Phi) is 5.83. The van der Waals surface area contributed by atoms with Gasteiger partial charge in [-0.1, -0.05) is 42.5 Å². The van der Waals surface area contributed by atoms with E-state index in [0.717, 1.165) is 12.8 Å². The summed E-state index contributed by atoms with van der Waals surface area (Å²) in [6, 6.07) is 17.5. The van der Waals surface area contributed by atoms with Crippen molar-refractivity contribution in [3.05, 3.63) is 60.2 Å². The lowest BCUT2D eigenvalue weighted by atomic mass is 10.1. The van der Waals surface area contributed by atoms with E-state index in [9.17, 15) is 4.79 Å². The molecule has 2 rings (SSSR count). The van der Waals surface area contributed by atoms with Gasteiger partial charge in [0.05, 0.1) is 12.8 Å². The Balaban J connectivity index is 1.81. The Morgan fingerprint density at radius 3 is 2.50 bits per heavy atom. The summed E-state index contributed by atoms with van der Waals surface area (Å²) in [5.74, 6) is 0.648. The molecule has 1 unspecified atom stereocenters. The SMILES string of the molecule is COc1ccccc1NC(=O)NC(C)CCc1ccccc1. The summed E-state index contributed by atoms with van der Waals surface area (Å²) in [5, 5.41) is 5.76. The molecule has 0 aliphatic carbocycles. The van der Waals surface area contributed by atoms with Gasteiger partial charge in [0, 0.05) is 6.04 Å². The average Bonchev–Trinajstić information content (AvgIpc) is 2.54. The zero-order valence-electron chi connectivity index (χ0n) is 13.0. The zero-order chi connectivity index (χ0) is 15.8. The normalized spacial score (nSPS) is 11.5. The van der Waals surface area contributed by atoms with Gasteiger partial charge >= 0.3 is 6.03 Å². The fourth-order valence-corrected chi connectivity index (χ4v) is 2.23. The Labute approximate surface area is 131 Å². The van der Waals surface area contributed by atoms with Crippen LogP contribution >= 0.6 is 0 Å². The van der Waals surface area contributed by atoms with Gasteiger partial charge in [-0.2, -0.15) is 0 Å². The molecule has 2 N–H and O–H groups in total. The summed E-state index contributed by atoms with van der Waals surface area (Å²) in [6.07, 6.45) is 1.83. The van der Waals surface area contributed by atoms with E-state index in [1.165, 1.54) is 5.56 Å². The van der Waals surface area contributed by atoms with E-state index in [-0.39, 0.29) is 12.1 Å². The van der Waals surface area contributed by atoms with Crippen molar-refractivity contribution in [3.8, 4) is 5.75 Å². The van der Waals surface area contributed by atoms with E-state index < -0.39 is 0 Å². The highest BCUT2D eigenvalue weighted by molar-refractivity contribution is 5.91. The van der Waals surface area contributed by atoms with Gasteiger partial charge in [0.2, 0.25) is 0 Å². The van der Waals surface area contributed by atoms with E-state index >= 15 is 0 Å². The van der Waals surface area contributed by atoms with Gasteiger partial charge < -0.3 is 15.4 Å². The molecule has 0 fully saturated rings. The minimum absolute atomic E-state index is 0.0925. The molecule has 4 nitrogen and oxygen atoms in total. The van der Waals surface area contributed by atoms with Crippen molar-refractivity contribution in [1.82, 2.24) is 5.32 Å². The smallest absolute Gasteiger partial charge is 0.319 e. The largest absolute Gasteiger partial charge is 0.495 e. The number of carbonyl (C=O) groups excluding carboxylic acids is 1. The Morgan fingerprint density at radius 1 is 1.09 bits per heavy atom. The van der Waals surface area contributed by atoms with Crippen molar-refractivity contribution < 1.29 is 9.53 Å². The zero-order valence-corrected chi connectivity index (χ0v) is 13.0. The summed E-state index contributed by atoms with van der Waals surface area (Å²) in [6.45, 7) is 2.00. The number of ether oxygens (including phenoxy) is 1. The van der Waals surface area contributed by atoms with Crippen LogP contribution in [0.15, 0.2) is 54.6 Å². The number of amides is 2. The Hall–Kier alpha value is -2.49. The van der Waals surface area contributed by atoms with Crippen molar-refractivity contribution >= 4 is 11.7 Å². The molecule has 0 saturated heterocycles. The second kappa shape index (κ2) is 8.08. The molecular weight excluding hydrogens is 276 g/mol. The summed E-state index contributed by atoms with van der Waals surface area (Å²) in [5.41, 5.74) is 1.94. The van der Waals surface area contributed by atoms with Crippen molar-refractivity contribution in [2.24, 2.45) is 0 Å². The van der Waals surface area contributed by atoms with Gasteiger partial charge in [0.1, 0.15) is 5.75 Å². The van der Waals surface area contributed by atoms with Crippen molar-refractivity contribution in [3.63, 3.8) is 0 Å². The molecule has 1 atom stereocenters. The van der Waals surface area contributed by atoms with Crippen LogP contribution in [0.3, 0.4) is 0 Å². The third kappa shape index (κ3) is 4.81. The Morgan fingerprint density at radius 2 is 1.77 bits per heavy atom. The summed E-state index contributed by atoms with van der Waals surface area (Å²) in [4.78, 5) is 12.0. The number of carbonyl (C=O) groups is 1. The van der Waals surface area contributed by atoms with Crippen molar-refractivity contribution in [1.29, 1.82) is 0 Å². The molecule has 0 heterocycles. The van der Waals surface area contributed by atoms with Gasteiger partial charge in [-0.25, -0.2) is 4.79 Å². The molecule has 0 aliphatic heterocycles. The number of anilines is 1. The first-order valence-corrected chi connectivity index (χ1v) is 7.43. The minimum Gasteiger partial charge on any atom is -0.495 e. The van der Waals surface area contributed by atoms with Crippen LogP contribution in [0.25, 0.3) is 0 Å². The lowest BCUT2D eigenvalue weighted by Crippen LogP contribution is -2.36. The van der Waals surface area contributed by atoms with Crippen LogP contribution < -0.4 is 15.4 Å². The molecule has 2 aromatic rings. The quantitative estimate of drug-likeness (QED) is 0.851. The molecular formula is C18H22N2O2. The van der Waals surface area contributed by atoms with Crippen LogP contribution in [0.1, 0.15) is 18.9 Å². The predicted molar refractivity (Wildman–Crippen MR) is 89.4 cm³/mol. The maximum atomic E-state index is 12.0. The lowest BCUT2D eigenvalue weighted by Gasteiger charge is -2.15. The molecule has 0 bridgehead atoms. The number of aryl methyl sites for hydroxylation is 1. The topological polar surface area (TPSA) is 50.4 Å². The fourth-order valence-electron chi connectivity index (χ4n) is 2.23. The number of urea groups is 1. The Bertz CT molecular complexity index is 599. The summed E-state index contributed by atoms with van der Waals surface area (Å²) >= 11 is 0. The van der Waals surface area contributed by atoms with E-state index in [4.69, 9.17) is 4.74 Å². The van der Waals surface area contributed by atoms with Crippen LogP contribution in [0.4, 0.5) is 10.5 Å². The number of nitrogens with one attached hydrogen (secondary N) is 2. The molecule has 116 valence electrons. The number of para-hydroxylation sites is 2. The summed E-state index contributed by atoms with van der Waals surface area (Å²) < 4.78 is 5.21. The monoisotopic (exact) mass is 298 g/mol. The molecule has 0 saturated carbocycles. The van der Waals surface area contributed by atoms with Crippen LogP contribution in [0.5, 0.6) is 5.75 Å². The van der Waals surface area contributed by atoms with Gasteiger partial charge in [-0.05, 0) is 37.5 Å². The second-order valence-electron chi connectivity index (χ2n) is 5.22. The van der Waals surface area contributed by atoms with Crippen LogP contribution in [-0.2, 0) is 6.42 Å². The van der Waals surface area contributed by atoms with Crippen molar-refractivity contribution in [2.45, 2.75) is 25.8 Å². The molecule has 2 aromatic carbocycles.